The van der Waals surface area contributed by atoms with Gasteiger partial charge in [-0.1, -0.05) is 18.2 Å². The Morgan fingerprint density at radius 2 is 1.56 bits per heavy atom. The SMILES string of the molecule is COC(=O)c1ccc([C@@H]2CC(=O)NC3=C2C(=O)C[C@@H](c2ccc(OC)c(OC)c2)C3)cc1. The smallest absolute Gasteiger partial charge is 0.337 e. The molecule has 166 valence electrons. The molecule has 0 saturated heterocycles. The van der Waals surface area contributed by atoms with Gasteiger partial charge in [0.15, 0.2) is 17.3 Å². The number of carbonyl (C=O) groups excluding carboxylic acids is 3. The van der Waals surface area contributed by atoms with E-state index in [-0.39, 0.29) is 29.9 Å². The Balaban J connectivity index is 1.65. The summed E-state index contributed by atoms with van der Waals surface area (Å²) in [6.45, 7) is 0. The Morgan fingerprint density at radius 3 is 2.22 bits per heavy atom. The lowest BCUT2D eigenvalue weighted by Gasteiger charge is -2.34. The van der Waals surface area contributed by atoms with Crippen molar-refractivity contribution in [3.8, 4) is 11.5 Å². The molecule has 0 aromatic heterocycles. The van der Waals surface area contributed by atoms with Gasteiger partial charge in [-0.3, -0.25) is 9.59 Å². The fourth-order valence-corrected chi connectivity index (χ4v) is 4.56. The number of esters is 1. The molecular weight excluding hydrogens is 410 g/mol. The van der Waals surface area contributed by atoms with E-state index in [1.54, 1.807) is 38.5 Å². The average Bonchev–Trinajstić information content (AvgIpc) is 2.82. The Labute approximate surface area is 186 Å². The van der Waals surface area contributed by atoms with Crippen molar-refractivity contribution >= 4 is 17.7 Å². The number of nitrogens with one attached hydrogen (secondary N) is 1. The lowest BCUT2D eigenvalue weighted by molar-refractivity contribution is -0.122. The highest BCUT2D eigenvalue weighted by Gasteiger charge is 2.38. The molecular formula is C25H25NO6. The van der Waals surface area contributed by atoms with Crippen molar-refractivity contribution in [1.29, 1.82) is 0 Å². The zero-order valence-electron chi connectivity index (χ0n) is 18.3. The van der Waals surface area contributed by atoms with Gasteiger partial charge in [-0.25, -0.2) is 4.79 Å². The highest BCUT2D eigenvalue weighted by atomic mass is 16.5. The van der Waals surface area contributed by atoms with E-state index in [0.717, 1.165) is 11.1 Å². The monoisotopic (exact) mass is 435 g/mol. The van der Waals surface area contributed by atoms with Gasteiger partial charge in [0.05, 0.1) is 26.9 Å². The molecule has 2 aromatic carbocycles. The van der Waals surface area contributed by atoms with Crippen LogP contribution < -0.4 is 14.8 Å². The number of methoxy groups -OCH3 is 3. The lowest BCUT2D eigenvalue weighted by atomic mass is 9.73. The number of hydrogen-bond donors (Lipinski definition) is 1. The highest BCUT2D eigenvalue weighted by Crippen LogP contribution is 2.43. The minimum atomic E-state index is -0.427. The summed E-state index contributed by atoms with van der Waals surface area (Å²) in [5.74, 6) is 0.309. The standard InChI is InChI=1S/C25H25NO6/c1-30-21-9-8-16(12-22(21)31-2)17-10-19-24(20(27)11-17)18(13-23(28)26-19)14-4-6-15(7-5-14)25(29)32-3/h4-9,12,17-18H,10-11,13H2,1-3H3,(H,26,28)/t17-,18-/m0/s1. The third-order valence-corrected chi connectivity index (χ3v) is 6.15. The van der Waals surface area contributed by atoms with Gasteiger partial charge in [-0.05, 0) is 47.7 Å². The number of allylic oxidation sites excluding steroid dienone is 2. The molecule has 0 saturated carbocycles. The van der Waals surface area contributed by atoms with Crippen LogP contribution >= 0.6 is 0 Å². The van der Waals surface area contributed by atoms with Crippen LogP contribution in [0.5, 0.6) is 11.5 Å². The van der Waals surface area contributed by atoms with Crippen LogP contribution in [-0.2, 0) is 14.3 Å². The summed E-state index contributed by atoms with van der Waals surface area (Å²) in [6, 6.07) is 12.5. The van der Waals surface area contributed by atoms with Crippen LogP contribution in [0.15, 0.2) is 53.7 Å². The third-order valence-electron chi connectivity index (χ3n) is 6.15. The third kappa shape index (κ3) is 3.98. The summed E-state index contributed by atoms with van der Waals surface area (Å²) in [5, 5.41) is 2.93. The fourth-order valence-electron chi connectivity index (χ4n) is 4.56. The van der Waals surface area contributed by atoms with Crippen LogP contribution in [0.1, 0.15) is 52.6 Å². The molecule has 0 bridgehead atoms. The molecule has 0 radical (unpaired) electrons. The van der Waals surface area contributed by atoms with Crippen molar-refractivity contribution in [2.24, 2.45) is 0 Å². The van der Waals surface area contributed by atoms with Crippen molar-refractivity contribution in [2.45, 2.75) is 31.1 Å². The van der Waals surface area contributed by atoms with E-state index in [1.165, 1.54) is 7.11 Å². The summed E-state index contributed by atoms with van der Waals surface area (Å²) in [4.78, 5) is 37.5. The summed E-state index contributed by atoms with van der Waals surface area (Å²) in [7, 11) is 4.48. The molecule has 4 rings (SSSR count). The highest BCUT2D eigenvalue weighted by molar-refractivity contribution is 6.02. The zero-order chi connectivity index (χ0) is 22.8. The number of ketones is 1. The first-order valence-corrected chi connectivity index (χ1v) is 10.4. The molecule has 1 amide bonds. The summed E-state index contributed by atoms with van der Waals surface area (Å²) < 4.78 is 15.5. The maximum absolute atomic E-state index is 13.3. The predicted octanol–water partition coefficient (Wildman–Crippen LogP) is 3.49. The quantitative estimate of drug-likeness (QED) is 0.723. The first-order chi connectivity index (χ1) is 15.4. The van der Waals surface area contributed by atoms with Crippen LogP contribution in [0.2, 0.25) is 0 Å². The molecule has 0 spiro atoms. The fraction of sp³-hybridized carbons (Fsp3) is 0.320. The Hall–Kier alpha value is -3.61. The average molecular weight is 435 g/mol. The van der Waals surface area contributed by atoms with E-state index in [9.17, 15) is 14.4 Å². The van der Waals surface area contributed by atoms with Crippen LogP contribution in [-0.4, -0.2) is 39.0 Å². The number of carbonyl (C=O) groups is 3. The first kappa shape index (κ1) is 21.6. The number of benzene rings is 2. The number of ether oxygens (including phenoxy) is 3. The van der Waals surface area contributed by atoms with Gasteiger partial charge in [-0.15, -0.1) is 0 Å². The summed E-state index contributed by atoms with van der Waals surface area (Å²) in [6.07, 6.45) is 1.10. The number of hydrogen-bond acceptors (Lipinski definition) is 6. The van der Waals surface area contributed by atoms with Crippen LogP contribution in [0.3, 0.4) is 0 Å². The van der Waals surface area contributed by atoms with Crippen molar-refractivity contribution in [1.82, 2.24) is 5.32 Å². The lowest BCUT2D eigenvalue weighted by Crippen LogP contribution is -2.38. The van der Waals surface area contributed by atoms with Crippen LogP contribution in [0.4, 0.5) is 0 Å². The van der Waals surface area contributed by atoms with E-state index < -0.39 is 5.97 Å². The first-order valence-electron chi connectivity index (χ1n) is 10.4. The van der Waals surface area contributed by atoms with E-state index in [1.807, 2.05) is 18.2 Å². The Bertz CT molecular complexity index is 1100. The van der Waals surface area contributed by atoms with Gasteiger partial charge in [0.1, 0.15) is 0 Å². The van der Waals surface area contributed by atoms with Crippen molar-refractivity contribution in [3.63, 3.8) is 0 Å². The molecule has 7 nitrogen and oxygen atoms in total. The molecule has 2 aromatic rings. The van der Waals surface area contributed by atoms with Gasteiger partial charge >= 0.3 is 5.97 Å². The normalized spacial score (nSPS) is 20.3. The van der Waals surface area contributed by atoms with E-state index >= 15 is 0 Å². The van der Waals surface area contributed by atoms with Crippen LogP contribution in [0, 0.1) is 0 Å². The molecule has 0 fully saturated rings. The molecule has 2 atom stereocenters. The van der Waals surface area contributed by atoms with E-state index in [2.05, 4.69) is 5.32 Å². The second-order valence-corrected chi connectivity index (χ2v) is 7.95. The molecule has 1 aliphatic heterocycles. The Kier molecular flexibility index (Phi) is 5.99. The maximum atomic E-state index is 13.3. The molecule has 2 aliphatic rings. The van der Waals surface area contributed by atoms with E-state index in [0.29, 0.717) is 41.2 Å². The number of amides is 1. The Morgan fingerprint density at radius 1 is 0.875 bits per heavy atom. The maximum Gasteiger partial charge on any atom is 0.337 e. The molecule has 7 heteroatoms. The topological polar surface area (TPSA) is 90.9 Å². The minimum Gasteiger partial charge on any atom is -0.493 e. The van der Waals surface area contributed by atoms with Crippen molar-refractivity contribution < 1.29 is 28.6 Å². The number of Topliss-reactive ketones (excluding diaryl/α,β-unsaturated/α-hetero) is 1. The molecule has 32 heavy (non-hydrogen) atoms. The molecule has 1 heterocycles. The van der Waals surface area contributed by atoms with Crippen molar-refractivity contribution in [2.75, 3.05) is 21.3 Å². The van der Waals surface area contributed by atoms with Gasteiger partial charge in [0, 0.05) is 30.0 Å². The van der Waals surface area contributed by atoms with Crippen LogP contribution in [0.25, 0.3) is 0 Å². The van der Waals surface area contributed by atoms with Crippen molar-refractivity contribution in [3.05, 3.63) is 70.4 Å². The molecule has 1 aliphatic carbocycles. The molecule has 0 unspecified atom stereocenters. The molecule has 1 N–H and O–H groups in total. The van der Waals surface area contributed by atoms with Gasteiger partial charge < -0.3 is 19.5 Å². The van der Waals surface area contributed by atoms with Gasteiger partial charge in [0.2, 0.25) is 5.91 Å². The summed E-state index contributed by atoms with van der Waals surface area (Å²) in [5.41, 5.74) is 3.56. The second-order valence-electron chi connectivity index (χ2n) is 7.95. The van der Waals surface area contributed by atoms with Gasteiger partial charge in [0.25, 0.3) is 0 Å². The summed E-state index contributed by atoms with van der Waals surface area (Å²) >= 11 is 0. The largest absolute Gasteiger partial charge is 0.493 e. The second kappa shape index (κ2) is 8.86. The predicted molar refractivity (Wildman–Crippen MR) is 117 cm³/mol. The minimum absolute atomic E-state index is 0.0214. The zero-order valence-corrected chi connectivity index (χ0v) is 18.3. The van der Waals surface area contributed by atoms with E-state index in [4.69, 9.17) is 14.2 Å². The van der Waals surface area contributed by atoms with Gasteiger partial charge in [-0.2, -0.15) is 0 Å². The number of rotatable bonds is 5.